The molecule has 0 bridgehead atoms. The van der Waals surface area contributed by atoms with Gasteiger partial charge in [0.05, 0.1) is 11.9 Å². The molecule has 0 aliphatic rings. The molecule has 0 N–H and O–H groups in total. The maximum absolute atomic E-state index is 4.47. The average molecular weight is 274 g/mol. The summed E-state index contributed by atoms with van der Waals surface area (Å²) < 4.78 is 1.98. The van der Waals surface area contributed by atoms with E-state index < -0.39 is 0 Å². The highest BCUT2D eigenvalue weighted by Gasteiger charge is 2.03. The Hall–Kier alpha value is -2.93. The fraction of sp³-hybridized carbons (Fsp3) is 0.118. The van der Waals surface area contributed by atoms with Crippen molar-refractivity contribution in [3.8, 4) is 17.5 Å². The molecule has 0 fully saturated rings. The zero-order valence-electron chi connectivity index (χ0n) is 11.9. The first-order valence-corrected chi connectivity index (χ1v) is 6.63. The second kappa shape index (κ2) is 5.59. The maximum Gasteiger partial charge on any atom is 0.132 e. The Balaban J connectivity index is 1.92. The molecule has 0 spiro atoms. The van der Waals surface area contributed by atoms with Gasteiger partial charge in [0.1, 0.15) is 11.5 Å². The van der Waals surface area contributed by atoms with Crippen LogP contribution in [-0.4, -0.2) is 19.5 Å². The van der Waals surface area contributed by atoms with Gasteiger partial charge in [-0.05, 0) is 44.0 Å². The highest BCUT2D eigenvalue weighted by Crippen LogP contribution is 2.10. The van der Waals surface area contributed by atoms with Crippen molar-refractivity contribution < 1.29 is 0 Å². The summed E-state index contributed by atoms with van der Waals surface area (Å²) in [7, 11) is 0. The number of pyridine rings is 2. The molecule has 0 unspecified atom stereocenters. The predicted molar refractivity (Wildman–Crippen MR) is 81.1 cm³/mol. The van der Waals surface area contributed by atoms with Crippen LogP contribution in [0.15, 0.2) is 49.1 Å². The fourth-order valence-electron chi connectivity index (χ4n) is 2.05. The van der Waals surface area contributed by atoms with Gasteiger partial charge in [0.2, 0.25) is 0 Å². The Kier molecular flexibility index (Phi) is 3.48. The van der Waals surface area contributed by atoms with Crippen molar-refractivity contribution in [1.82, 2.24) is 19.5 Å². The van der Waals surface area contributed by atoms with E-state index in [1.165, 1.54) is 0 Å². The lowest BCUT2D eigenvalue weighted by Crippen LogP contribution is -1.94. The van der Waals surface area contributed by atoms with Crippen molar-refractivity contribution in [1.29, 1.82) is 0 Å². The third-order valence-electron chi connectivity index (χ3n) is 3.04. The SMILES string of the molecule is Cc1cc(C#Cc2cn(-c3cccnc3)c(C)n2)ccn1. The number of rotatable bonds is 1. The predicted octanol–water partition coefficient (Wildman–Crippen LogP) is 2.68. The van der Waals surface area contributed by atoms with Gasteiger partial charge in [-0.3, -0.25) is 9.97 Å². The Morgan fingerprint density at radius 2 is 2.00 bits per heavy atom. The minimum atomic E-state index is 0.741. The minimum absolute atomic E-state index is 0.741. The van der Waals surface area contributed by atoms with Crippen LogP contribution < -0.4 is 0 Å². The molecule has 0 aliphatic carbocycles. The summed E-state index contributed by atoms with van der Waals surface area (Å²) in [5.74, 6) is 7.09. The van der Waals surface area contributed by atoms with Crippen molar-refractivity contribution in [3.05, 3.63) is 71.8 Å². The van der Waals surface area contributed by atoms with Gasteiger partial charge in [0.15, 0.2) is 0 Å². The van der Waals surface area contributed by atoms with E-state index in [2.05, 4.69) is 26.8 Å². The van der Waals surface area contributed by atoms with E-state index >= 15 is 0 Å². The fourth-order valence-corrected chi connectivity index (χ4v) is 2.05. The first-order chi connectivity index (χ1) is 10.2. The normalized spacial score (nSPS) is 10.0. The molecule has 3 rings (SSSR count). The molecule has 3 aromatic heterocycles. The Morgan fingerprint density at radius 3 is 2.76 bits per heavy atom. The number of hydrogen-bond acceptors (Lipinski definition) is 3. The van der Waals surface area contributed by atoms with Gasteiger partial charge >= 0.3 is 0 Å². The molecule has 0 atom stereocenters. The third kappa shape index (κ3) is 2.98. The van der Waals surface area contributed by atoms with Gasteiger partial charge in [-0.2, -0.15) is 0 Å². The van der Waals surface area contributed by atoms with Crippen molar-refractivity contribution in [2.75, 3.05) is 0 Å². The molecule has 21 heavy (non-hydrogen) atoms. The van der Waals surface area contributed by atoms with Gasteiger partial charge in [-0.15, -0.1) is 0 Å². The van der Waals surface area contributed by atoms with E-state index in [0.29, 0.717) is 0 Å². The summed E-state index contributed by atoms with van der Waals surface area (Å²) in [6.45, 7) is 3.90. The van der Waals surface area contributed by atoms with Crippen LogP contribution in [0.25, 0.3) is 5.69 Å². The van der Waals surface area contributed by atoms with Crippen LogP contribution in [0.1, 0.15) is 22.8 Å². The van der Waals surface area contributed by atoms with Gasteiger partial charge in [0.25, 0.3) is 0 Å². The first-order valence-electron chi connectivity index (χ1n) is 6.63. The molecular formula is C17H14N4. The standard InChI is InChI=1S/C17H14N4/c1-13-10-15(7-9-19-13)5-6-16-12-21(14(2)20-16)17-4-3-8-18-11-17/h3-4,7-12H,1-2H3. The van der Waals surface area contributed by atoms with Crippen LogP contribution in [0.4, 0.5) is 0 Å². The minimum Gasteiger partial charge on any atom is -0.301 e. The molecule has 3 heterocycles. The van der Waals surface area contributed by atoms with Crippen LogP contribution in [0.5, 0.6) is 0 Å². The molecule has 0 amide bonds. The summed E-state index contributed by atoms with van der Waals surface area (Å²) in [6.07, 6.45) is 7.24. The van der Waals surface area contributed by atoms with Gasteiger partial charge in [-0.25, -0.2) is 4.98 Å². The summed E-state index contributed by atoms with van der Waals surface area (Å²) in [5.41, 5.74) is 3.62. The van der Waals surface area contributed by atoms with Gasteiger partial charge < -0.3 is 4.57 Å². The second-order valence-corrected chi connectivity index (χ2v) is 4.69. The van der Waals surface area contributed by atoms with Crippen molar-refractivity contribution in [3.63, 3.8) is 0 Å². The lowest BCUT2D eigenvalue weighted by atomic mass is 10.2. The molecular weight excluding hydrogens is 260 g/mol. The van der Waals surface area contributed by atoms with Crippen LogP contribution in [0.2, 0.25) is 0 Å². The Labute approximate surface area is 123 Å². The maximum atomic E-state index is 4.47. The van der Waals surface area contributed by atoms with E-state index in [-0.39, 0.29) is 0 Å². The van der Waals surface area contributed by atoms with E-state index in [0.717, 1.165) is 28.5 Å². The van der Waals surface area contributed by atoms with Gasteiger partial charge in [-0.1, -0.05) is 5.92 Å². The summed E-state index contributed by atoms with van der Waals surface area (Å²) in [5, 5.41) is 0. The molecule has 0 radical (unpaired) electrons. The molecule has 102 valence electrons. The molecule has 0 saturated heterocycles. The summed E-state index contributed by atoms with van der Waals surface area (Å²) in [4.78, 5) is 12.8. The topological polar surface area (TPSA) is 43.6 Å². The van der Waals surface area contributed by atoms with Crippen molar-refractivity contribution >= 4 is 0 Å². The van der Waals surface area contributed by atoms with Crippen molar-refractivity contribution in [2.24, 2.45) is 0 Å². The smallest absolute Gasteiger partial charge is 0.132 e. The number of aromatic nitrogens is 4. The Morgan fingerprint density at radius 1 is 1.10 bits per heavy atom. The average Bonchev–Trinajstić information content (AvgIpc) is 2.87. The van der Waals surface area contributed by atoms with E-state index in [1.807, 2.05) is 48.9 Å². The molecule has 0 aromatic carbocycles. The zero-order valence-corrected chi connectivity index (χ0v) is 11.9. The molecule has 0 aliphatic heterocycles. The zero-order chi connectivity index (χ0) is 14.7. The van der Waals surface area contributed by atoms with E-state index in [9.17, 15) is 0 Å². The quantitative estimate of drug-likeness (QED) is 0.641. The number of imidazole rings is 1. The Bertz CT molecular complexity index is 823. The van der Waals surface area contributed by atoms with E-state index in [1.54, 1.807) is 18.6 Å². The number of nitrogens with zero attached hydrogens (tertiary/aromatic N) is 4. The lowest BCUT2D eigenvalue weighted by Gasteiger charge is -2.01. The largest absolute Gasteiger partial charge is 0.301 e. The molecule has 3 aromatic rings. The molecule has 4 heteroatoms. The monoisotopic (exact) mass is 274 g/mol. The first kappa shape index (κ1) is 13.1. The highest BCUT2D eigenvalue weighted by molar-refractivity contribution is 5.41. The number of hydrogen-bond donors (Lipinski definition) is 0. The molecule has 0 saturated carbocycles. The van der Waals surface area contributed by atoms with Crippen LogP contribution >= 0.6 is 0 Å². The van der Waals surface area contributed by atoms with Gasteiger partial charge in [0, 0.05) is 29.8 Å². The van der Waals surface area contributed by atoms with Crippen LogP contribution in [0, 0.1) is 25.7 Å². The molecule has 4 nitrogen and oxygen atoms in total. The second-order valence-electron chi connectivity index (χ2n) is 4.69. The van der Waals surface area contributed by atoms with Crippen LogP contribution in [0.3, 0.4) is 0 Å². The van der Waals surface area contributed by atoms with Crippen molar-refractivity contribution in [2.45, 2.75) is 13.8 Å². The highest BCUT2D eigenvalue weighted by atomic mass is 15.1. The summed E-state index contributed by atoms with van der Waals surface area (Å²) >= 11 is 0. The lowest BCUT2D eigenvalue weighted by molar-refractivity contribution is 0.965. The van der Waals surface area contributed by atoms with E-state index in [4.69, 9.17) is 0 Å². The summed E-state index contributed by atoms with van der Waals surface area (Å²) in [6, 6.07) is 7.74. The number of aryl methyl sites for hydroxylation is 2. The third-order valence-corrected chi connectivity index (χ3v) is 3.04. The van der Waals surface area contributed by atoms with Crippen LogP contribution in [-0.2, 0) is 0 Å².